The van der Waals surface area contributed by atoms with Crippen molar-refractivity contribution in [3.63, 3.8) is 0 Å². The minimum absolute atomic E-state index is 0.126. The summed E-state index contributed by atoms with van der Waals surface area (Å²) in [7, 11) is 1.69. The van der Waals surface area contributed by atoms with E-state index in [9.17, 15) is 4.39 Å². The summed E-state index contributed by atoms with van der Waals surface area (Å²) in [6, 6.07) is 6.99. The SMILES string of the molecule is CCNCC(CC(C)OC)c1ccccc1F. The fraction of sp³-hybridized carbons (Fsp3) is 0.571. The molecule has 96 valence electrons. The fourth-order valence-electron chi connectivity index (χ4n) is 1.94. The van der Waals surface area contributed by atoms with Crippen molar-refractivity contribution in [1.82, 2.24) is 5.32 Å². The lowest BCUT2D eigenvalue weighted by molar-refractivity contribution is 0.103. The third-order valence-electron chi connectivity index (χ3n) is 3.00. The monoisotopic (exact) mass is 239 g/mol. The van der Waals surface area contributed by atoms with Gasteiger partial charge in [-0.15, -0.1) is 0 Å². The van der Waals surface area contributed by atoms with E-state index in [4.69, 9.17) is 4.74 Å². The largest absolute Gasteiger partial charge is 0.382 e. The number of hydrogen-bond donors (Lipinski definition) is 1. The molecule has 0 aromatic heterocycles. The molecule has 0 radical (unpaired) electrons. The van der Waals surface area contributed by atoms with Gasteiger partial charge in [0.05, 0.1) is 6.10 Å². The van der Waals surface area contributed by atoms with Crippen molar-refractivity contribution >= 4 is 0 Å². The first-order valence-electron chi connectivity index (χ1n) is 6.17. The average molecular weight is 239 g/mol. The Hall–Kier alpha value is -0.930. The predicted octanol–water partition coefficient (Wildman–Crippen LogP) is 2.94. The van der Waals surface area contributed by atoms with Gasteiger partial charge in [0.2, 0.25) is 0 Å². The molecule has 1 aromatic carbocycles. The van der Waals surface area contributed by atoms with Crippen LogP contribution in [0.2, 0.25) is 0 Å². The van der Waals surface area contributed by atoms with E-state index in [1.165, 1.54) is 6.07 Å². The number of likely N-dealkylation sites (N-methyl/N-ethyl adjacent to an activating group) is 1. The summed E-state index contributed by atoms with van der Waals surface area (Å²) in [6.45, 7) is 5.75. The van der Waals surface area contributed by atoms with E-state index in [1.807, 2.05) is 19.1 Å². The Morgan fingerprint density at radius 2 is 2.06 bits per heavy atom. The van der Waals surface area contributed by atoms with Gasteiger partial charge in [0.1, 0.15) is 5.82 Å². The molecule has 0 aliphatic heterocycles. The van der Waals surface area contributed by atoms with Gasteiger partial charge in [-0.1, -0.05) is 25.1 Å². The molecular weight excluding hydrogens is 217 g/mol. The molecule has 3 heteroatoms. The van der Waals surface area contributed by atoms with Gasteiger partial charge in [-0.25, -0.2) is 4.39 Å². The lowest BCUT2D eigenvalue weighted by Gasteiger charge is -2.21. The van der Waals surface area contributed by atoms with Crippen LogP contribution in [0.5, 0.6) is 0 Å². The maximum absolute atomic E-state index is 13.8. The van der Waals surface area contributed by atoms with E-state index < -0.39 is 0 Å². The van der Waals surface area contributed by atoms with Crippen molar-refractivity contribution in [2.45, 2.75) is 32.3 Å². The van der Waals surface area contributed by atoms with Crippen molar-refractivity contribution < 1.29 is 9.13 Å². The molecule has 0 bridgehead atoms. The van der Waals surface area contributed by atoms with E-state index in [1.54, 1.807) is 13.2 Å². The molecule has 0 amide bonds. The minimum atomic E-state index is -0.126. The van der Waals surface area contributed by atoms with Gasteiger partial charge in [-0.2, -0.15) is 0 Å². The molecular formula is C14H22FNO. The fourth-order valence-corrected chi connectivity index (χ4v) is 1.94. The number of ether oxygens (including phenoxy) is 1. The van der Waals surface area contributed by atoms with Crippen LogP contribution in [0.25, 0.3) is 0 Å². The topological polar surface area (TPSA) is 21.3 Å². The van der Waals surface area contributed by atoms with Crippen LogP contribution in [0, 0.1) is 5.82 Å². The lowest BCUT2D eigenvalue weighted by atomic mass is 9.93. The molecule has 0 aliphatic rings. The van der Waals surface area contributed by atoms with E-state index in [-0.39, 0.29) is 17.8 Å². The highest BCUT2D eigenvalue weighted by atomic mass is 19.1. The predicted molar refractivity (Wildman–Crippen MR) is 68.8 cm³/mol. The molecule has 0 saturated carbocycles. The second-order valence-corrected chi connectivity index (χ2v) is 4.31. The first kappa shape index (κ1) is 14.1. The molecule has 0 fully saturated rings. The number of nitrogens with one attached hydrogen (secondary N) is 1. The van der Waals surface area contributed by atoms with Crippen LogP contribution in [-0.2, 0) is 4.74 Å². The zero-order valence-corrected chi connectivity index (χ0v) is 10.9. The number of methoxy groups -OCH3 is 1. The Labute approximate surface area is 103 Å². The van der Waals surface area contributed by atoms with Gasteiger partial charge in [0, 0.05) is 19.6 Å². The first-order chi connectivity index (χ1) is 8.19. The van der Waals surface area contributed by atoms with Crippen LogP contribution >= 0.6 is 0 Å². The third kappa shape index (κ3) is 4.44. The zero-order chi connectivity index (χ0) is 12.7. The van der Waals surface area contributed by atoms with Crippen molar-refractivity contribution in [1.29, 1.82) is 0 Å². The van der Waals surface area contributed by atoms with E-state index in [0.29, 0.717) is 0 Å². The standard InChI is InChI=1S/C14H22FNO/c1-4-16-10-12(9-11(2)17-3)13-7-5-6-8-14(13)15/h5-8,11-12,16H,4,9-10H2,1-3H3. The Balaban J connectivity index is 2.78. The van der Waals surface area contributed by atoms with Crippen LogP contribution in [0.1, 0.15) is 31.7 Å². The number of halogens is 1. The molecule has 1 aromatic rings. The third-order valence-corrected chi connectivity index (χ3v) is 3.00. The van der Waals surface area contributed by atoms with Gasteiger partial charge < -0.3 is 10.1 Å². The minimum Gasteiger partial charge on any atom is -0.382 e. The Kier molecular flexibility index (Phi) is 6.16. The summed E-state index contributed by atoms with van der Waals surface area (Å²) in [5, 5.41) is 3.28. The molecule has 2 unspecified atom stereocenters. The van der Waals surface area contributed by atoms with Crippen LogP contribution < -0.4 is 5.32 Å². The summed E-state index contributed by atoms with van der Waals surface area (Å²) in [5.41, 5.74) is 0.775. The van der Waals surface area contributed by atoms with E-state index in [2.05, 4.69) is 12.2 Å². The lowest BCUT2D eigenvalue weighted by Crippen LogP contribution is -2.25. The summed E-state index contributed by atoms with van der Waals surface area (Å²) in [6.07, 6.45) is 0.961. The van der Waals surface area contributed by atoms with Crippen LogP contribution in [0.4, 0.5) is 4.39 Å². The molecule has 2 atom stereocenters. The van der Waals surface area contributed by atoms with Gasteiger partial charge in [-0.05, 0) is 31.5 Å². The number of benzene rings is 1. The maximum Gasteiger partial charge on any atom is 0.126 e. The van der Waals surface area contributed by atoms with Gasteiger partial charge >= 0.3 is 0 Å². The Morgan fingerprint density at radius 1 is 1.35 bits per heavy atom. The summed E-state index contributed by atoms with van der Waals surface area (Å²) in [5.74, 6) is 0.0322. The van der Waals surface area contributed by atoms with Crippen molar-refractivity contribution in [3.8, 4) is 0 Å². The summed E-state index contributed by atoms with van der Waals surface area (Å²) >= 11 is 0. The molecule has 0 saturated heterocycles. The van der Waals surface area contributed by atoms with Crippen LogP contribution in [0.15, 0.2) is 24.3 Å². The van der Waals surface area contributed by atoms with E-state index >= 15 is 0 Å². The zero-order valence-electron chi connectivity index (χ0n) is 10.9. The van der Waals surface area contributed by atoms with Crippen molar-refractivity contribution in [2.75, 3.05) is 20.2 Å². The van der Waals surface area contributed by atoms with Crippen molar-refractivity contribution in [3.05, 3.63) is 35.6 Å². The molecule has 0 aliphatic carbocycles. The van der Waals surface area contributed by atoms with Gasteiger partial charge in [0.25, 0.3) is 0 Å². The highest BCUT2D eigenvalue weighted by Gasteiger charge is 2.17. The second kappa shape index (κ2) is 7.41. The molecule has 17 heavy (non-hydrogen) atoms. The van der Waals surface area contributed by atoms with E-state index in [0.717, 1.165) is 25.1 Å². The average Bonchev–Trinajstić information content (AvgIpc) is 2.35. The molecule has 1 N–H and O–H groups in total. The normalized spacial score (nSPS) is 14.6. The second-order valence-electron chi connectivity index (χ2n) is 4.31. The number of hydrogen-bond acceptors (Lipinski definition) is 2. The smallest absolute Gasteiger partial charge is 0.126 e. The highest BCUT2D eigenvalue weighted by molar-refractivity contribution is 5.22. The number of rotatable bonds is 7. The Morgan fingerprint density at radius 3 is 2.65 bits per heavy atom. The molecule has 0 heterocycles. The summed E-state index contributed by atoms with van der Waals surface area (Å²) < 4.78 is 19.0. The molecule has 1 rings (SSSR count). The first-order valence-corrected chi connectivity index (χ1v) is 6.17. The van der Waals surface area contributed by atoms with Gasteiger partial charge in [-0.3, -0.25) is 0 Å². The van der Waals surface area contributed by atoms with Gasteiger partial charge in [0.15, 0.2) is 0 Å². The molecule has 2 nitrogen and oxygen atoms in total. The summed E-state index contributed by atoms with van der Waals surface area (Å²) in [4.78, 5) is 0. The van der Waals surface area contributed by atoms with Crippen molar-refractivity contribution in [2.24, 2.45) is 0 Å². The van der Waals surface area contributed by atoms with Crippen LogP contribution in [-0.4, -0.2) is 26.3 Å². The Bertz CT molecular complexity index is 330. The highest BCUT2D eigenvalue weighted by Crippen LogP contribution is 2.24. The molecule has 0 spiro atoms. The van der Waals surface area contributed by atoms with Crippen LogP contribution in [0.3, 0.4) is 0 Å². The quantitative estimate of drug-likeness (QED) is 0.790. The maximum atomic E-state index is 13.8.